The van der Waals surface area contributed by atoms with E-state index in [-0.39, 0.29) is 12.1 Å². The van der Waals surface area contributed by atoms with Crippen LogP contribution in [0.25, 0.3) is 0 Å². The Balaban J connectivity index is 1.34. The number of benzene rings is 2. The van der Waals surface area contributed by atoms with Gasteiger partial charge < -0.3 is 18.7 Å². The van der Waals surface area contributed by atoms with Gasteiger partial charge in [0.1, 0.15) is 47.3 Å². The van der Waals surface area contributed by atoms with Gasteiger partial charge in [0.05, 0.1) is 14.1 Å². The second-order valence-electron chi connectivity index (χ2n) is 9.55. The Hall–Kier alpha value is -2.37. The number of nitrogens with zero attached hydrogens (tertiary/aromatic N) is 1. The van der Waals surface area contributed by atoms with Gasteiger partial charge in [-0.15, -0.1) is 0 Å². The number of likely N-dealkylation sites (N-methyl/N-ethyl adjacent to an activating group) is 1. The molecule has 3 unspecified atom stereocenters. The average molecular weight is 392 g/mol. The second kappa shape index (κ2) is 5.61. The van der Waals surface area contributed by atoms with Crippen LogP contribution in [0.2, 0.25) is 0 Å². The summed E-state index contributed by atoms with van der Waals surface area (Å²) in [7, 11) is 4.57. The highest BCUT2D eigenvalue weighted by Crippen LogP contribution is 2.53. The van der Waals surface area contributed by atoms with Crippen LogP contribution in [0.3, 0.4) is 0 Å². The summed E-state index contributed by atoms with van der Waals surface area (Å²) >= 11 is 0. The van der Waals surface area contributed by atoms with Gasteiger partial charge in [-0.1, -0.05) is 36.4 Å². The maximum absolute atomic E-state index is 13.7. The van der Waals surface area contributed by atoms with E-state index >= 15 is 0 Å². The number of piperidine rings is 1. The molecule has 0 aromatic heterocycles. The molecule has 0 N–H and O–H groups in total. The number of esters is 1. The third kappa shape index (κ3) is 2.26. The molecule has 29 heavy (non-hydrogen) atoms. The lowest BCUT2D eigenvalue weighted by molar-refractivity contribution is -0.938. The Morgan fingerprint density at radius 2 is 1.48 bits per heavy atom. The van der Waals surface area contributed by atoms with Crippen molar-refractivity contribution in [1.82, 2.24) is 0 Å². The van der Waals surface area contributed by atoms with Crippen LogP contribution in [0.4, 0.5) is 0 Å². The molecule has 3 saturated heterocycles. The SMILES string of the molecule is CC1(C(=O)OC2CC3C4O[C@H]4[C@H](C2)[N+]3(C)C)c2ccccc2Oc2ccccc21. The molecule has 2 aromatic carbocycles. The highest BCUT2D eigenvalue weighted by atomic mass is 16.6. The Bertz CT molecular complexity index is 950. The molecule has 0 amide bonds. The molecule has 2 bridgehead atoms. The van der Waals surface area contributed by atoms with Crippen LogP contribution in [0, 0.1) is 0 Å². The number of morpholine rings is 1. The molecular formula is C24H26NO4+. The van der Waals surface area contributed by atoms with Crippen molar-refractivity contribution in [2.45, 2.75) is 55.6 Å². The van der Waals surface area contributed by atoms with Crippen molar-refractivity contribution in [3.63, 3.8) is 0 Å². The summed E-state index contributed by atoms with van der Waals surface area (Å²) in [4.78, 5) is 13.7. The minimum absolute atomic E-state index is 0.0564. The van der Waals surface area contributed by atoms with Crippen molar-refractivity contribution in [2.24, 2.45) is 0 Å². The summed E-state index contributed by atoms with van der Waals surface area (Å²) in [6, 6.07) is 16.4. The molecule has 4 aliphatic rings. The first kappa shape index (κ1) is 17.5. The highest BCUT2D eigenvalue weighted by Gasteiger charge is 2.71. The third-order valence-electron chi connectivity index (χ3n) is 7.79. The quantitative estimate of drug-likeness (QED) is 0.447. The van der Waals surface area contributed by atoms with Gasteiger partial charge in [-0.3, -0.25) is 4.79 Å². The van der Waals surface area contributed by atoms with E-state index in [1.54, 1.807) is 0 Å². The molecule has 150 valence electrons. The standard InChI is InChI=1S/C24H26NO4/c1-24(15-8-4-6-10-19(15)28-20-11-7-5-9-16(20)24)23(26)27-14-12-17-21-22(29-21)18(13-14)25(17,2)3/h4-11,14,17-18,21-22H,12-13H2,1-3H3/q+1/t14?,17-,18?,21-,22?/m0/s1. The number of fused-ring (bicyclic) bond motifs is 7. The predicted octanol–water partition coefficient (Wildman–Crippen LogP) is 3.40. The second-order valence-corrected chi connectivity index (χ2v) is 9.55. The van der Waals surface area contributed by atoms with Crippen LogP contribution in [0.5, 0.6) is 11.5 Å². The number of carbonyl (C=O) groups is 1. The van der Waals surface area contributed by atoms with E-state index in [2.05, 4.69) is 14.1 Å². The zero-order valence-electron chi connectivity index (χ0n) is 17.0. The maximum atomic E-state index is 13.7. The van der Waals surface area contributed by atoms with Crippen molar-refractivity contribution >= 4 is 5.97 Å². The van der Waals surface area contributed by atoms with E-state index in [0.29, 0.717) is 24.3 Å². The van der Waals surface area contributed by atoms with Crippen molar-refractivity contribution in [3.8, 4) is 11.5 Å². The minimum Gasteiger partial charge on any atom is -0.461 e. The zero-order chi connectivity index (χ0) is 20.0. The van der Waals surface area contributed by atoms with Crippen LogP contribution in [0.1, 0.15) is 30.9 Å². The predicted molar refractivity (Wildman–Crippen MR) is 107 cm³/mol. The Morgan fingerprint density at radius 1 is 0.966 bits per heavy atom. The van der Waals surface area contributed by atoms with Crippen LogP contribution in [-0.4, -0.2) is 54.9 Å². The van der Waals surface area contributed by atoms with Gasteiger partial charge in [0, 0.05) is 24.0 Å². The molecule has 5 nitrogen and oxygen atoms in total. The summed E-state index contributed by atoms with van der Waals surface area (Å²) in [5.74, 6) is 1.26. The van der Waals surface area contributed by atoms with Gasteiger partial charge >= 0.3 is 5.97 Å². The van der Waals surface area contributed by atoms with Crippen molar-refractivity contribution in [2.75, 3.05) is 14.1 Å². The fourth-order valence-electron chi connectivity index (χ4n) is 5.99. The van der Waals surface area contributed by atoms with Crippen LogP contribution < -0.4 is 4.74 Å². The number of epoxide rings is 1. The Morgan fingerprint density at radius 3 is 2.03 bits per heavy atom. The Labute approximate surface area is 170 Å². The van der Waals surface area contributed by atoms with E-state index in [0.717, 1.165) is 40.0 Å². The molecule has 0 aliphatic carbocycles. The molecule has 5 heteroatoms. The maximum Gasteiger partial charge on any atom is 0.321 e. The van der Waals surface area contributed by atoms with E-state index in [4.69, 9.17) is 14.2 Å². The monoisotopic (exact) mass is 392 g/mol. The summed E-state index contributed by atoms with van der Waals surface area (Å²) in [6.07, 6.45) is 2.37. The molecule has 4 heterocycles. The van der Waals surface area contributed by atoms with Gasteiger partial charge in [0.2, 0.25) is 0 Å². The topological polar surface area (TPSA) is 48.1 Å². The summed E-state index contributed by atoms with van der Waals surface area (Å²) in [6.45, 7) is 1.97. The van der Waals surface area contributed by atoms with Crippen molar-refractivity contribution in [3.05, 3.63) is 59.7 Å². The van der Waals surface area contributed by atoms with Crippen LogP contribution in [-0.2, 0) is 19.7 Å². The number of ether oxygens (including phenoxy) is 3. The number of rotatable bonds is 2. The largest absolute Gasteiger partial charge is 0.461 e. The molecular weight excluding hydrogens is 366 g/mol. The first-order chi connectivity index (χ1) is 13.9. The number of hydrogen-bond donors (Lipinski definition) is 0. The molecule has 0 saturated carbocycles. The van der Waals surface area contributed by atoms with Gasteiger partial charge in [0.25, 0.3) is 0 Å². The summed E-state index contributed by atoms with van der Waals surface area (Å²) in [5.41, 5.74) is 0.848. The average Bonchev–Trinajstić information content (AvgIpc) is 3.46. The van der Waals surface area contributed by atoms with Gasteiger partial charge in [-0.25, -0.2) is 0 Å². The lowest BCUT2D eigenvalue weighted by Crippen LogP contribution is -2.60. The minimum atomic E-state index is -0.883. The fraction of sp³-hybridized carbons (Fsp3) is 0.458. The van der Waals surface area contributed by atoms with Crippen molar-refractivity contribution < 1.29 is 23.5 Å². The first-order valence-corrected chi connectivity index (χ1v) is 10.5. The normalized spacial score (nSPS) is 34.2. The first-order valence-electron chi connectivity index (χ1n) is 10.5. The van der Waals surface area contributed by atoms with E-state index in [9.17, 15) is 4.79 Å². The van der Waals surface area contributed by atoms with Gasteiger partial charge in [-0.2, -0.15) is 0 Å². The van der Waals surface area contributed by atoms with Gasteiger partial charge in [-0.05, 0) is 19.1 Å². The van der Waals surface area contributed by atoms with E-state index in [1.165, 1.54) is 0 Å². The van der Waals surface area contributed by atoms with E-state index in [1.807, 2.05) is 55.5 Å². The number of quaternary nitrogens is 1. The fourth-order valence-corrected chi connectivity index (χ4v) is 5.99. The molecule has 2 aromatic rings. The molecule has 0 spiro atoms. The molecule has 6 rings (SSSR count). The molecule has 5 atom stereocenters. The Kier molecular flexibility index (Phi) is 3.38. The molecule has 3 fully saturated rings. The number of carbonyl (C=O) groups excluding carboxylic acids is 1. The summed E-state index contributed by atoms with van der Waals surface area (Å²) < 4.78 is 19.2. The number of para-hydroxylation sites is 2. The highest BCUT2D eigenvalue weighted by molar-refractivity contribution is 5.90. The molecule has 4 aliphatic heterocycles. The van der Waals surface area contributed by atoms with Crippen molar-refractivity contribution in [1.29, 1.82) is 0 Å². The van der Waals surface area contributed by atoms with Gasteiger partial charge in [0.15, 0.2) is 0 Å². The van der Waals surface area contributed by atoms with Crippen LogP contribution >= 0.6 is 0 Å². The van der Waals surface area contributed by atoms with E-state index < -0.39 is 5.41 Å². The lowest BCUT2D eigenvalue weighted by atomic mass is 9.74. The molecule has 0 radical (unpaired) electrons. The zero-order valence-corrected chi connectivity index (χ0v) is 17.0. The van der Waals surface area contributed by atoms with Crippen LogP contribution in [0.15, 0.2) is 48.5 Å². The third-order valence-corrected chi connectivity index (χ3v) is 7.79. The number of hydrogen-bond acceptors (Lipinski definition) is 4. The lowest BCUT2D eigenvalue weighted by Gasteiger charge is -2.46. The smallest absolute Gasteiger partial charge is 0.321 e. The summed E-state index contributed by atoms with van der Waals surface area (Å²) in [5, 5.41) is 0.